The van der Waals surface area contributed by atoms with Crippen LogP contribution in [0.1, 0.15) is 102 Å². The Hall–Kier alpha value is -5.36. The molecule has 0 saturated carbocycles. The first kappa shape index (κ1) is 50.0. The first-order valence-corrected chi connectivity index (χ1v) is 24.9. The van der Waals surface area contributed by atoms with Crippen LogP contribution in [0.2, 0.25) is 0 Å². The second kappa shape index (κ2) is 20.5. The topological polar surface area (TPSA) is 171 Å². The number of methoxy groups -OCH3 is 1. The minimum absolute atomic E-state index is 0.158. The van der Waals surface area contributed by atoms with Crippen LogP contribution in [0, 0.1) is 11.3 Å². The lowest BCUT2D eigenvalue weighted by Gasteiger charge is -2.41. The zero-order valence-corrected chi connectivity index (χ0v) is 41.9. The number of hydrogen-bond acceptors (Lipinski definition) is 11. The molecule has 69 heavy (non-hydrogen) atoms. The Bertz CT molecular complexity index is 2430. The highest BCUT2D eigenvalue weighted by atomic mass is 16.5. The molecule has 5 aliphatic rings. The second-order valence-corrected chi connectivity index (χ2v) is 21.0. The number of esters is 1. The highest BCUT2D eigenvalue weighted by Crippen LogP contribution is 2.42. The van der Waals surface area contributed by atoms with Crippen molar-refractivity contribution in [2.24, 2.45) is 11.3 Å². The fourth-order valence-electron chi connectivity index (χ4n) is 11.3. The van der Waals surface area contributed by atoms with Gasteiger partial charge in [-0.2, -0.15) is 0 Å². The highest BCUT2D eigenvalue weighted by molar-refractivity contribution is 5.94. The monoisotopic (exact) mass is 952 g/mol. The van der Waals surface area contributed by atoms with Crippen LogP contribution in [0.3, 0.4) is 0 Å². The quantitative estimate of drug-likeness (QED) is 0.213. The molecule has 0 radical (unpaired) electrons. The van der Waals surface area contributed by atoms with E-state index in [9.17, 15) is 24.0 Å². The van der Waals surface area contributed by atoms with Gasteiger partial charge in [0.15, 0.2) is 0 Å². The van der Waals surface area contributed by atoms with Gasteiger partial charge in [-0.25, -0.2) is 10.2 Å². The van der Waals surface area contributed by atoms with Gasteiger partial charge in [-0.1, -0.05) is 40.3 Å². The van der Waals surface area contributed by atoms with E-state index in [1.54, 1.807) is 24.0 Å². The maximum absolute atomic E-state index is 14.8. The predicted octanol–water partition coefficient (Wildman–Crippen LogP) is 5.24. The van der Waals surface area contributed by atoms with E-state index < -0.39 is 41.0 Å². The summed E-state index contributed by atoms with van der Waals surface area (Å²) < 4.78 is 20.4. The van der Waals surface area contributed by atoms with Gasteiger partial charge in [0.1, 0.15) is 24.9 Å². The van der Waals surface area contributed by atoms with Gasteiger partial charge in [-0.05, 0) is 112 Å². The number of nitrogens with zero attached hydrogens (tertiary/aromatic N) is 7. The van der Waals surface area contributed by atoms with Crippen LogP contribution >= 0.6 is 0 Å². The summed E-state index contributed by atoms with van der Waals surface area (Å²) in [5.41, 5.74) is 8.64. The molecule has 17 nitrogen and oxygen atoms in total. The molecule has 5 aliphatic heterocycles. The van der Waals surface area contributed by atoms with E-state index in [1.807, 2.05) is 33.0 Å². The van der Waals surface area contributed by atoms with E-state index in [0.29, 0.717) is 71.4 Å². The number of aryl methyl sites for hydroxylation is 1. The Kier molecular flexibility index (Phi) is 14.9. The summed E-state index contributed by atoms with van der Waals surface area (Å²) in [6.07, 6.45) is 6.51. The molecular formula is C52H73N9O8. The summed E-state index contributed by atoms with van der Waals surface area (Å²) >= 11 is 0. The number of pyridine rings is 1. The molecule has 2 aromatic heterocycles. The van der Waals surface area contributed by atoms with Crippen molar-refractivity contribution in [3.05, 3.63) is 66.0 Å². The van der Waals surface area contributed by atoms with E-state index in [1.165, 1.54) is 27.1 Å². The molecular weight excluding hydrogens is 879 g/mol. The van der Waals surface area contributed by atoms with Crippen LogP contribution in [0.4, 0.5) is 4.79 Å². The number of cyclic esters (lactones) is 1. The van der Waals surface area contributed by atoms with Crippen LogP contribution < -0.4 is 10.7 Å². The number of hydrazine groups is 1. The minimum Gasteiger partial charge on any atom is -0.464 e. The van der Waals surface area contributed by atoms with Crippen molar-refractivity contribution in [1.82, 2.24) is 44.9 Å². The largest absolute Gasteiger partial charge is 0.464 e. The van der Waals surface area contributed by atoms with E-state index in [2.05, 4.69) is 71.8 Å². The van der Waals surface area contributed by atoms with Crippen molar-refractivity contribution >= 4 is 40.6 Å². The smallest absolute Gasteiger partial charge is 0.324 e. The zero-order valence-electron chi connectivity index (χ0n) is 41.9. The van der Waals surface area contributed by atoms with Gasteiger partial charge in [0.25, 0.3) is 5.91 Å². The third-order valence-electron chi connectivity index (χ3n) is 15.2. The standard InChI is InChI=1S/C52H73N9O8/c1-10-43(62)59-30-52(69-32-59)19-24-58(25-20-52)50(66)56(8)45(33(3)4)47(63)54-41-29-57-23-18-36(28-57)35-16-17-42-38(26-35)39(46(60(42)11-2)37-14-12-21-53-44(37)34(5)67-9)27-51(6,7)31-68-49(65)40-15-13-22-61(55-40)48(41)64/h10,12,14,16-17,21,26,33-34,36,40-41,45,55H,1,11,13,15,18-20,22-25,27-32H2,2-9H3,(H,54,63)/t34-,36+,40-,41-,45-/m0/s1. The zero-order chi connectivity index (χ0) is 49.4. The Morgan fingerprint density at radius 3 is 2.54 bits per heavy atom. The summed E-state index contributed by atoms with van der Waals surface area (Å²) in [4.78, 5) is 81.7. The lowest BCUT2D eigenvalue weighted by Crippen LogP contribution is -2.64. The molecule has 1 spiro atoms. The molecule has 4 fully saturated rings. The lowest BCUT2D eigenvalue weighted by atomic mass is 9.84. The Morgan fingerprint density at radius 1 is 1.06 bits per heavy atom. The minimum atomic E-state index is -0.977. The maximum Gasteiger partial charge on any atom is 0.324 e. The molecule has 1 aromatic carbocycles. The lowest BCUT2D eigenvalue weighted by molar-refractivity contribution is -0.155. The SMILES string of the molecule is C=CC(=O)N1COC2(CCN(C(=O)N(C)[C@H](C(=O)N[C@H]3CN4CC[C@H](C4)c4ccc5c(c4)c(c(-c4cccnc4[C@H](C)OC)n5CC)CC(C)(C)COC(=O)[C@@H]4CCCN(N4)C3=O)C(C)C)CC2)C1. The predicted molar refractivity (Wildman–Crippen MR) is 261 cm³/mol. The summed E-state index contributed by atoms with van der Waals surface area (Å²) in [5, 5.41) is 5.75. The summed E-state index contributed by atoms with van der Waals surface area (Å²) in [6, 6.07) is 7.98. The second-order valence-electron chi connectivity index (χ2n) is 21.0. The number of benzene rings is 1. The van der Waals surface area contributed by atoms with Crippen molar-refractivity contribution in [3.63, 3.8) is 0 Å². The molecule has 6 atom stereocenters. The molecule has 8 rings (SSSR count). The molecule has 374 valence electrons. The number of amides is 5. The third kappa shape index (κ3) is 10.3. The van der Waals surface area contributed by atoms with Crippen molar-refractivity contribution < 1.29 is 38.2 Å². The van der Waals surface area contributed by atoms with Crippen molar-refractivity contribution in [3.8, 4) is 11.3 Å². The molecule has 0 aliphatic carbocycles. The molecule has 4 saturated heterocycles. The van der Waals surface area contributed by atoms with Gasteiger partial charge in [-0.15, -0.1) is 0 Å². The number of likely N-dealkylation sites (N-methyl/N-ethyl adjacent to an activating group) is 1. The number of ether oxygens (including phenoxy) is 3. The van der Waals surface area contributed by atoms with E-state index in [0.717, 1.165) is 40.8 Å². The van der Waals surface area contributed by atoms with E-state index in [4.69, 9.17) is 19.2 Å². The van der Waals surface area contributed by atoms with Gasteiger partial charge < -0.3 is 43.7 Å². The first-order valence-electron chi connectivity index (χ1n) is 24.9. The van der Waals surface area contributed by atoms with E-state index >= 15 is 0 Å². The summed E-state index contributed by atoms with van der Waals surface area (Å²) in [5.74, 6) is -1.50. The maximum atomic E-state index is 14.8. The van der Waals surface area contributed by atoms with Gasteiger partial charge in [0, 0.05) is 81.5 Å². The summed E-state index contributed by atoms with van der Waals surface area (Å²) in [6.45, 7) is 20.1. The van der Waals surface area contributed by atoms with Crippen LogP contribution in [0.25, 0.3) is 22.2 Å². The number of rotatable bonds is 9. The third-order valence-corrected chi connectivity index (χ3v) is 15.2. The van der Waals surface area contributed by atoms with Gasteiger partial charge in [0.05, 0.1) is 36.2 Å². The molecule has 17 heteroatoms. The molecule has 1 unspecified atom stereocenters. The normalized spacial score (nSPS) is 24.8. The molecule has 7 heterocycles. The number of piperidine rings is 1. The first-order chi connectivity index (χ1) is 33.0. The van der Waals surface area contributed by atoms with Crippen LogP contribution in [0.15, 0.2) is 49.2 Å². The molecule has 5 amide bonds. The molecule has 6 bridgehead atoms. The fraction of sp³-hybridized carbons (Fsp3) is 0.615. The molecule has 2 N–H and O–H groups in total. The van der Waals surface area contributed by atoms with Crippen LogP contribution in [0.5, 0.6) is 0 Å². The van der Waals surface area contributed by atoms with Gasteiger partial charge in [0.2, 0.25) is 11.8 Å². The number of fused-ring (bicyclic) bond motifs is 6. The van der Waals surface area contributed by atoms with Crippen molar-refractivity contribution in [2.45, 2.75) is 122 Å². The fourth-order valence-corrected chi connectivity index (χ4v) is 11.3. The van der Waals surface area contributed by atoms with Crippen LogP contribution in [-0.2, 0) is 46.4 Å². The number of carbonyl (C=O) groups excluding carboxylic acids is 5. The number of nitrogens with one attached hydrogen (secondary N) is 2. The Balaban J connectivity index is 1.07. The number of urea groups is 1. The van der Waals surface area contributed by atoms with Gasteiger partial charge in [-0.3, -0.25) is 29.2 Å². The Morgan fingerprint density at radius 2 is 1.83 bits per heavy atom. The van der Waals surface area contributed by atoms with E-state index in [-0.39, 0.29) is 55.7 Å². The summed E-state index contributed by atoms with van der Waals surface area (Å²) in [7, 11) is 3.34. The van der Waals surface area contributed by atoms with Crippen molar-refractivity contribution in [1.29, 1.82) is 0 Å². The number of aromatic nitrogens is 2. The number of hydrogen-bond donors (Lipinski definition) is 2. The highest BCUT2D eigenvalue weighted by Gasteiger charge is 2.46. The average molecular weight is 952 g/mol. The number of carbonyl (C=O) groups is 5. The van der Waals surface area contributed by atoms with Crippen LogP contribution in [-0.4, -0.2) is 161 Å². The number of likely N-dealkylation sites (tertiary alicyclic amines) is 1. The molecule has 3 aromatic rings. The Labute approximate surface area is 406 Å². The van der Waals surface area contributed by atoms with Crippen molar-refractivity contribution in [2.75, 3.05) is 73.3 Å². The van der Waals surface area contributed by atoms with Gasteiger partial charge >= 0.3 is 12.0 Å². The average Bonchev–Trinajstić information content (AvgIpc) is 4.07.